The van der Waals surface area contributed by atoms with Crippen LogP contribution >= 0.6 is 11.6 Å². The molecule has 0 atom stereocenters. The predicted octanol–water partition coefficient (Wildman–Crippen LogP) is 4.06. The molecule has 1 aliphatic heterocycles. The molecule has 0 aliphatic carbocycles. The number of rotatable bonds is 5. The van der Waals surface area contributed by atoms with Gasteiger partial charge in [-0.15, -0.1) is 0 Å². The van der Waals surface area contributed by atoms with E-state index in [1.165, 1.54) is 11.3 Å². The molecule has 23 heavy (non-hydrogen) atoms. The molecule has 0 bridgehead atoms. The Morgan fingerprint density at radius 3 is 2.35 bits per heavy atom. The molecule has 0 unspecified atom stereocenters. The molecule has 0 saturated carbocycles. The van der Waals surface area contributed by atoms with E-state index in [9.17, 15) is 0 Å². The number of benzene rings is 2. The molecule has 3 nitrogen and oxygen atoms in total. The summed E-state index contributed by atoms with van der Waals surface area (Å²) in [7, 11) is 0. The molecule has 0 radical (unpaired) electrons. The minimum absolute atomic E-state index is 0.702. The van der Waals surface area contributed by atoms with Crippen LogP contribution in [-0.4, -0.2) is 37.7 Å². The van der Waals surface area contributed by atoms with E-state index in [-0.39, 0.29) is 0 Å². The highest BCUT2D eigenvalue weighted by atomic mass is 35.5. The molecule has 2 aromatic carbocycles. The zero-order valence-electron chi connectivity index (χ0n) is 13.5. The Hall–Kier alpha value is -1.71. The van der Waals surface area contributed by atoms with Crippen LogP contribution in [0.2, 0.25) is 5.02 Å². The number of hydrogen-bond donors (Lipinski definition) is 0. The van der Waals surface area contributed by atoms with Crippen molar-refractivity contribution in [3.8, 4) is 5.75 Å². The second kappa shape index (κ2) is 7.71. The smallest absolute Gasteiger partial charge is 0.142 e. The van der Waals surface area contributed by atoms with Crippen molar-refractivity contribution in [2.45, 2.75) is 13.5 Å². The first-order chi connectivity index (χ1) is 11.3. The Balaban J connectivity index is 1.59. The lowest BCUT2D eigenvalue weighted by Gasteiger charge is -2.36. The summed E-state index contributed by atoms with van der Waals surface area (Å²) < 4.78 is 5.76. The first kappa shape index (κ1) is 16.2. The molecule has 3 rings (SSSR count). The molecular formula is C19H23ClN2O. The maximum atomic E-state index is 5.95. The lowest BCUT2D eigenvalue weighted by molar-refractivity contribution is 0.248. The Morgan fingerprint density at radius 2 is 1.65 bits per heavy atom. The first-order valence-corrected chi connectivity index (χ1v) is 8.57. The summed E-state index contributed by atoms with van der Waals surface area (Å²) in [5.74, 6) is 0.987. The minimum atomic E-state index is 0.702. The SMILES string of the molecule is CCOc1ccccc1N1CCN(Cc2ccc(Cl)cc2)CC1. The topological polar surface area (TPSA) is 15.7 Å². The van der Waals surface area contributed by atoms with Gasteiger partial charge in [0.1, 0.15) is 5.75 Å². The van der Waals surface area contributed by atoms with Crippen molar-refractivity contribution in [1.29, 1.82) is 0 Å². The number of anilines is 1. The van der Waals surface area contributed by atoms with E-state index >= 15 is 0 Å². The van der Waals surface area contributed by atoms with E-state index < -0.39 is 0 Å². The molecular weight excluding hydrogens is 308 g/mol. The van der Waals surface area contributed by atoms with Gasteiger partial charge in [-0.2, -0.15) is 0 Å². The van der Waals surface area contributed by atoms with E-state index in [0.717, 1.165) is 43.5 Å². The lowest BCUT2D eigenvalue weighted by Crippen LogP contribution is -2.46. The molecule has 122 valence electrons. The highest BCUT2D eigenvalue weighted by Gasteiger charge is 2.19. The van der Waals surface area contributed by atoms with Gasteiger partial charge in [0.2, 0.25) is 0 Å². The van der Waals surface area contributed by atoms with Crippen LogP contribution in [-0.2, 0) is 6.54 Å². The van der Waals surface area contributed by atoms with E-state index in [4.69, 9.17) is 16.3 Å². The summed E-state index contributed by atoms with van der Waals surface area (Å²) in [6.07, 6.45) is 0. The fourth-order valence-electron chi connectivity index (χ4n) is 2.99. The summed E-state index contributed by atoms with van der Waals surface area (Å²) in [6.45, 7) is 7.88. The second-order valence-corrected chi connectivity index (χ2v) is 6.23. The van der Waals surface area contributed by atoms with E-state index in [2.05, 4.69) is 40.1 Å². The molecule has 0 spiro atoms. The highest BCUT2D eigenvalue weighted by Crippen LogP contribution is 2.29. The molecule has 2 aromatic rings. The molecule has 1 heterocycles. The van der Waals surface area contributed by atoms with Gasteiger partial charge in [-0.25, -0.2) is 0 Å². The zero-order valence-corrected chi connectivity index (χ0v) is 14.3. The van der Waals surface area contributed by atoms with Gasteiger partial charge in [-0.05, 0) is 36.8 Å². The van der Waals surface area contributed by atoms with Crippen LogP contribution in [0.4, 0.5) is 5.69 Å². The zero-order chi connectivity index (χ0) is 16.1. The van der Waals surface area contributed by atoms with Crippen molar-refractivity contribution in [2.75, 3.05) is 37.7 Å². The maximum absolute atomic E-state index is 5.95. The van der Waals surface area contributed by atoms with Crippen LogP contribution in [0.5, 0.6) is 5.75 Å². The van der Waals surface area contributed by atoms with Gasteiger partial charge >= 0.3 is 0 Å². The van der Waals surface area contributed by atoms with Crippen molar-refractivity contribution in [3.05, 3.63) is 59.1 Å². The summed E-state index contributed by atoms with van der Waals surface area (Å²) >= 11 is 5.95. The molecule has 1 fully saturated rings. The first-order valence-electron chi connectivity index (χ1n) is 8.20. The van der Waals surface area contributed by atoms with Crippen LogP contribution < -0.4 is 9.64 Å². The van der Waals surface area contributed by atoms with Crippen molar-refractivity contribution >= 4 is 17.3 Å². The Bertz CT molecular complexity index is 622. The quantitative estimate of drug-likeness (QED) is 0.822. The van der Waals surface area contributed by atoms with E-state index in [1.54, 1.807) is 0 Å². The number of nitrogens with zero attached hydrogens (tertiary/aromatic N) is 2. The monoisotopic (exact) mass is 330 g/mol. The maximum Gasteiger partial charge on any atom is 0.142 e. The standard InChI is InChI=1S/C19H23ClN2O/c1-2-23-19-6-4-3-5-18(19)22-13-11-21(12-14-22)15-16-7-9-17(20)10-8-16/h3-10H,2,11-15H2,1H3. The van der Waals surface area contributed by atoms with Crippen LogP contribution in [0.15, 0.2) is 48.5 Å². The van der Waals surface area contributed by atoms with Crippen molar-refractivity contribution in [1.82, 2.24) is 4.90 Å². The highest BCUT2D eigenvalue weighted by molar-refractivity contribution is 6.30. The molecule has 0 N–H and O–H groups in total. The van der Waals surface area contributed by atoms with Crippen molar-refractivity contribution in [2.24, 2.45) is 0 Å². The average molecular weight is 331 g/mol. The summed E-state index contributed by atoms with van der Waals surface area (Å²) in [5.41, 5.74) is 2.53. The average Bonchev–Trinajstić information content (AvgIpc) is 2.59. The van der Waals surface area contributed by atoms with E-state index in [1.807, 2.05) is 25.1 Å². The third kappa shape index (κ3) is 4.18. The van der Waals surface area contributed by atoms with Gasteiger partial charge in [0.05, 0.1) is 12.3 Å². The summed E-state index contributed by atoms with van der Waals surface area (Å²) in [4.78, 5) is 4.91. The normalized spacial score (nSPS) is 15.7. The predicted molar refractivity (Wildman–Crippen MR) is 96.6 cm³/mol. The summed E-state index contributed by atoms with van der Waals surface area (Å²) in [6, 6.07) is 16.5. The van der Waals surface area contributed by atoms with Gasteiger partial charge in [0.15, 0.2) is 0 Å². The van der Waals surface area contributed by atoms with Gasteiger partial charge in [0, 0.05) is 37.7 Å². The minimum Gasteiger partial charge on any atom is -0.492 e. The molecule has 0 amide bonds. The number of piperazine rings is 1. The third-order valence-corrected chi connectivity index (χ3v) is 4.45. The molecule has 4 heteroatoms. The van der Waals surface area contributed by atoms with Gasteiger partial charge in [0.25, 0.3) is 0 Å². The number of para-hydroxylation sites is 2. The Labute approximate surface area is 143 Å². The van der Waals surface area contributed by atoms with Gasteiger partial charge in [-0.3, -0.25) is 4.90 Å². The van der Waals surface area contributed by atoms with E-state index in [0.29, 0.717) is 6.61 Å². The molecule has 1 aliphatic rings. The largest absolute Gasteiger partial charge is 0.492 e. The number of hydrogen-bond acceptors (Lipinski definition) is 3. The second-order valence-electron chi connectivity index (χ2n) is 5.79. The number of ether oxygens (including phenoxy) is 1. The van der Waals surface area contributed by atoms with Crippen LogP contribution in [0, 0.1) is 0 Å². The van der Waals surface area contributed by atoms with Crippen LogP contribution in [0.25, 0.3) is 0 Å². The summed E-state index contributed by atoms with van der Waals surface area (Å²) in [5, 5.41) is 0.797. The van der Waals surface area contributed by atoms with Gasteiger partial charge < -0.3 is 9.64 Å². The molecule has 1 saturated heterocycles. The fourth-order valence-corrected chi connectivity index (χ4v) is 3.12. The van der Waals surface area contributed by atoms with Crippen molar-refractivity contribution < 1.29 is 4.74 Å². The Morgan fingerprint density at radius 1 is 0.957 bits per heavy atom. The number of halogens is 1. The van der Waals surface area contributed by atoms with Gasteiger partial charge in [-0.1, -0.05) is 35.9 Å². The van der Waals surface area contributed by atoms with Crippen LogP contribution in [0.1, 0.15) is 12.5 Å². The lowest BCUT2D eigenvalue weighted by atomic mass is 10.2. The third-order valence-electron chi connectivity index (χ3n) is 4.20. The fraction of sp³-hybridized carbons (Fsp3) is 0.368. The Kier molecular flexibility index (Phi) is 5.42. The molecule has 0 aromatic heterocycles. The van der Waals surface area contributed by atoms with Crippen molar-refractivity contribution in [3.63, 3.8) is 0 Å². The van der Waals surface area contributed by atoms with Crippen LogP contribution in [0.3, 0.4) is 0 Å².